The largest absolute Gasteiger partial charge is 0.385 e. The highest BCUT2D eigenvalue weighted by Gasteiger charge is 2.06. The Morgan fingerprint density at radius 3 is 2.95 bits per heavy atom. The Morgan fingerprint density at radius 1 is 1.37 bits per heavy atom. The fourth-order valence-corrected chi connectivity index (χ4v) is 1.77. The summed E-state index contributed by atoms with van der Waals surface area (Å²) in [6.45, 7) is 8.37. The highest BCUT2D eigenvalue weighted by molar-refractivity contribution is 5.09. The molecule has 110 valence electrons. The number of rotatable bonds is 11. The van der Waals surface area contributed by atoms with Gasteiger partial charge in [-0.15, -0.1) is 0 Å². The Kier molecular flexibility index (Phi) is 8.45. The molecule has 0 fully saturated rings. The van der Waals surface area contributed by atoms with Crippen LogP contribution in [0.25, 0.3) is 0 Å². The van der Waals surface area contributed by atoms with Gasteiger partial charge in [0.05, 0.1) is 19.3 Å². The van der Waals surface area contributed by atoms with Crippen molar-refractivity contribution in [3.63, 3.8) is 0 Å². The predicted molar refractivity (Wildman–Crippen MR) is 76.2 cm³/mol. The topological polar surface area (TPSA) is 48.3 Å². The summed E-state index contributed by atoms with van der Waals surface area (Å²) in [6, 6.07) is 0.358. The number of ether oxygens (including phenoxy) is 2. The van der Waals surface area contributed by atoms with Crippen molar-refractivity contribution in [2.45, 2.75) is 39.3 Å². The number of methoxy groups -OCH3 is 1. The first-order chi connectivity index (χ1) is 9.27. The molecule has 1 N–H and O–H groups in total. The van der Waals surface area contributed by atoms with E-state index < -0.39 is 0 Å². The van der Waals surface area contributed by atoms with Gasteiger partial charge in [-0.05, 0) is 26.3 Å². The minimum Gasteiger partial charge on any atom is -0.385 e. The van der Waals surface area contributed by atoms with Crippen LogP contribution in [-0.2, 0) is 16.0 Å². The molecule has 0 saturated heterocycles. The lowest BCUT2D eigenvalue weighted by atomic mass is 10.2. The van der Waals surface area contributed by atoms with Crippen LogP contribution in [0.2, 0.25) is 0 Å². The summed E-state index contributed by atoms with van der Waals surface area (Å²) in [5.74, 6) is 0. The zero-order valence-electron chi connectivity index (χ0n) is 12.4. The summed E-state index contributed by atoms with van der Waals surface area (Å²) in [5.41, 5.74) is 1.23. The van der Waals surface area contributed by atoms with E-state index in [0.717, 1.165) is 39.1 Å². The Hall–Kier alpha value is -0.910. The Balaban J connectivity index is 2.19. The zero-order valence-corrected chi connectivity index (χ0v) is 12.4. The molecule has 1 atom stereocenters. The summed E-state index contributed by atoms with van der Waals surface area (Å²) < 4.78 is 12.4. The highest BCUT2D eigenvalue weighted by Crippen LogP contribution is 2.10. The maximum Gasteiger partial charge on any atom is 0.0662 e. The molecule has 0 amide bonds. The smallest absolute Gasteiger partial charge is 0.0662 e. The van der Waals surface area contributed by atoms with E-state index >= 15 is 0 Å². The summed E-state index contributed by atoms with van der Waals surface area (Å²) in [7, 11) is 1.71. The molecule has 5 nitrogen and oxygen atoms in total. The summed E-state index contributed by atoms with van der Waals surface area (Å²) in [4.78, 5) is 0. The van der Waals surface area contributed by atoms with Gasteiger partial charge in [0.2, 0.25) is 0 Å². The van der Waals surface area contributed by atoms with Gasteiger partial charge in [-0.3, -0.25) is 4.68 Å². The van der Waals surface area contributed by atoms with Crippen molar-refractivity contribution in [1.29, 1.82) is 0 Å². The van der Waals surface area contributed by atoms with Crippen LogP contribution in [0.3, 0.4) is 0 Å². The molecule has 0 radical (unpaired) electrons. The maximum absolute atomic E-state index is 5.52. The Morgan fingerprint density at radius 2 is 2.21 bits per heavy atom. The SMILES string of the molecule is CCCNC(C)c1cnn(CCOCCCOC)c1. The molecule has 0 aliphatic heterocycles. The fraction of sp³-hybridized carbons (Fsp3) is 0.786. The number of nitrogens with zero attached hydrogens (tertiary/aromatic N) is 2. The maximum atomic E-state index is 5.52. The molecule has 0 bridgehead atoms. The third-order valence-electron chi connectivity index (χ3n) is 2.96. The average molecular weight is 269 g/mol. The third-order valence-corrected chi connectivity index (χ3v) is 2.96. The number of hydrogen-bond donors (Lipinski definition) is 1. The average Bonchev–Trinajstić information content (AvgIpc) is 2.89. The van der Waals surface area contributed by atoms with Crippen LogP contribution in [0, 0.1) is 0 Å². The molecule has 0 spiro atoms. The first-order valence-corrected chi connectivity index (χ1v) is 7.10. The van der Waals surface area contributed by atoms with Crippen LogP contribution in [0.1, 0.15) is 38.3 Å². The van der Waals surface area contributed by atoms with Gasteiger partial charge in [0.1, 0.15) is 0 Å². The van der Waals surface area contributed by atoms with Gasteiger partial charge >= 0.3 is 0 Å². The van der Waals surface area contributed by atoms with Crippen LogP contribution in [0.4, 0.5) is 0 Å². The van der Waals surface area contributed by atoms with Crippen LogP contribution >= 0.6 is 0 Å². The van der Waals surface area contributed by atoms with E-state index in [1.54, 1.807) is 7.11 Å². The molecular weight excluding hydrogens is 242 g/mol. The second-order valence-corrected chi connectivity index (χ2v) is 4.67. The standard InChI is InChI=1S/C14H27N3O2/c1-4-6-15-13(2)14-11-16-17(12-14)7-10-19-9-5-8-18-3/h11-13,15H,4-10H2,1-3H3. The fourth-order valence-electron chi connectivity index (χ4n) is 1.77. The van der Waals surface area contributed by atoms with Crippen LogP contribution < -0.4 is 5.32 Å². The van der Waals surface area contributed by atoms with Crippen molar-refractivity contribution < 1.29 is 9.47 Å². The van der Waals surface area contributed by atoms with E-state index in [1.165, 1.54) is 5.56 Å². The van der Waals surface area contributed by atoms with Gasteiger partial charge in [-0.1, -0.05) is 6.92 Å². The van der Waals surface area contributed by atoms with E-state index in [1.807, 2.05) is 10.9 Å². The van der Waals surface area contributed by atoms with Gasteiger partial charge in [0, 0.05) is 38.1 Å². The lowest BCUT2D eigenvalue weighted by Crippen LogP contribution is -2.18. The summed E-state index contributed by atoms with van der Waals surface area (Å²) >= 11 is 0. The van der Waals surface area contributed by atoms with Crippen molar-refractivity contribution in [3.8, 4) is 0 Å². The first-order valence-electron chi connectivity index (χ1n) is 7.10. The first kappa shape index (κ1) is 16.1. The van der Waals surface area contributed by atoms with Crippen molar-refractivity contribution in [1.82, 2.24) is 15.1 Å². The monoisotopic (exact) mass is 269 g/mol. The summed E-state index contributed by atoms with van der Waals surface area (Å²) in [5, 5.41) is 7.81. The molecular formula is C14H27N3O2. The molecule has 5 heteroatoms. The van der Waals surface area contributed by atoms with E-state index in [4.69, 9.17) is 9.47 Å². The van der Waals surface area contributed by atoms with Gasteiger partial charge in [0.15, 0.2) is 0 Å². The zero-order chi connectivity index (χ0) is 13.9. The molecule has 19 heavy (non-hydrogen) atoms. The second-order valence-electron chi connectivity index (χ2n) is 4.67. The Bertz CT molecular complexity index is 328. The lowest BCUT2D eigenvalue weighted by molar-refractivity contribution is 0.0961. The van der Waals surface area contributed by atoms with Gasteiger partial charge in [0.25, 0.3) is 0 Å². The quantitative estimate of drug-likeness (QED) is 0.624. The van der Waals surface area contributed by atoms with E-state index in [-0.39, 0.29) is 0 Å². The molecule has 0 saturated carbocycles. The molecule has 1 heterocycles. The van der Waals surface area contributed by atoms with Crippen LogP contribution in [0.15, 0.2) is 12.4 Å². The third kappa shape index (κ3) is 6.71. The minimum atomic E-state index is 0.358. The molecule has 1 rings (SSSR count). The van der Waals surface area contributed by atoms with E-state index in [9.17, 15) is 0 Å². The minimum absolute atomic E-state index is 0.358. The normalized spacial score (nSPS) is 12.8. The molecule has 1 aromatic rings. The molecule has 0 aliphatic carbocycles. The van der Waals surface area contributed by atoms with Crippen molar-refractivity contribution >= 4 is 0 Å². The van der Waals surface area contributed by atoms with Crippen molar-refractivity contribution in [2.75, 3.05) is 33.5 Å². The van der Waals surface area contributed by atoms with Gasteiger partial charge in [-0.25, -0.2) is 0 Å². The van der Waals surface area contributed by atoms with Crippen LogP contribution in [0.5, 0.6) is 0 Å². The lowest BCUT2D eigenvalue weighted by Gasteiger charge is -2.10. The summed E-state index contributed by atoms with van der Waals surface area (Å²) in [6.07, 6.45) is 6.11. The second kappa shape index (κ2) is 9.95. The highest BCUT2D eigenvalue weighted by atomic mass is 16.5. The number of hydrogen-bond acceptors (Lipinski definition) is 4. The van der Waals surface area contributed by atoms with E-state index in [0.29, 0.717) is 12.6 Å². The molecule has 0 aromatic carbocycles. The molecule has 1 aromatic heterocycles. The molecule has 1 unspecified atom stereocenters. The van der Waals surface area contributed by atoms with Gasteiger partial charge < -0.3 is 14.8 Å². The predicted octanol–water partition coefficient (Wildman–Crippen LogP) is 2.00. The molecule has 0 aliphatic rings. The van der Waals surface area contributed by atoms with Crippen molar-refractivity contribution in [2.24, 2.45) is 0 Å². The Labute approximate surface area is 116 Å². The number of aromatic nitrogens is 2. The van der Waals surface area contributed by atoms with Crippen LogP contribution in [-0.4, -0.2) is 43.3 Å². The number of nitrogens with one attached hydrogen (secondary N) is 1. The van der Waals surface area contributed by atoms with E-state index in [2.05, 4.69) is 30.5 Å². The van der Waals surface area contributed by atoms with Crippen molar-refractivity contribution in [3.05, 3.63) is 18.0 Å². The van der Waals surface area contributed by atoms with Gasteiger partial charge in [-0.2, -0.15) is 5.10 Å².